The minimum atomic E-state index is -0.962. The molecule has 102 valence electrons. The molecular formula is C13H12N4O2S. The monoisotopic (exact) mass is 288 g/mol. The van der Waals surface area contributed by atoms with Crippen LogP contribution in [0.25, 0.3) is 21.5 Å². The predicted molar refractivity (Wildman–Crippen MR) is 75.7 cm³/mol. The first kappa shape index (κ1) is 12.7. The lowest BCUT2D eigenvalue weighted by molar-refractivity contribution is -0.140. The summed E-state index contributed by atoms with van der Waals surface area (Å²) < 4.78 is 1.34. The third-order valence-corrected chi connectivity index (χ3v) is 4.19. The van der Waals surface area contributed by atoms with Crippen molar-refractivity contribution in [2.75, 3.05) is 0 Å². The van der Waals surface area contributed by atoms with E-state index in [0.717, 1.165) is 21.2 Å². The molecule has 7 heteroatoms. The highest BCUT2D eigenvalue weighted by molar-refractivity contribution is 7.15. The Bertz CT molecular complexity index is 793. The smallest absolute Gasteiger partial charge is 0.328 e. The number of hydrogen-bond donors (Lipinski definition) is 1. The Kier molecular flexibility index (Phi) is 2.98. The highest BCUT2D eigenvalue weighted by Crippen LogP contribution is 2.34. The number of aryl methyl sites for hydroxylation is 1. The van der Waals surface area contributed by atoms with Gasteiger partial charge in [0.15, 0.2) is 11.9 Å². The van der Waals surface area contributed by atoms with Crippen molar-refractivity contribution in [3.8, 4) is 10.7 Å². The summed E-state index contributed by atoms with van der Waals surface area (Å²) >= 11 is 1.52. The fourth-order valence-electron chi connectivity index (χ4n) is 2.04. The van der Waals surface area contributed by atoms with Gasteiger partial charge in [-0.2, -0.15) is 0 Å². The van der Waals surface area contributed by atoms with E-state index in [2.05, 4.69) is 21.6 Å². The van der Waals surface area contributed by atoms with Gasteiger partial charge in [-0.25, -0.2) is 9.48 Å². The largest absolute Gasteiger partial charge is 0.480 e. The summed E-state index contributed by atoms with van der Waals surface area (Å²) in [4.78, 5) is 12.0. The van der Waals surface area contributed by atoms with Gasteiger partial charge in [0.1, 0.15) is 0 Å². The molecule has 0 fully saturated rings. The number of carbonyl (C=O) groups is 1. The van der Waals surface area contributed by atoms with Crippen LogP contribution in [0, 0.1) is 6.92 Å². The fraction of sp³-hybridized carbons (Fsp3) is 0.231. The van der Waals surface area contributed by atoms with Gasteiger partial charge in [0.05, 0.1) is 4.88 Å². The van der Waals surface area contributed by atoms with E-state index in [1.165, 1.54) is 16.0 Å². The second-order valence-electron chi connectivity index (χ2n) is 4.62. The number of aliphatic carboxylic acids is 1. The van der Waals surface area contributed by atoms with Crippen molar-refractivity contribution in [1.29, 1.82) is 0 Å². The molecule has 0 saturated carbocycles. The lowest BCUT2D eigenvalue weighted by atomic mass is 10.1. The van der Waals surface area contributed by atoms with Crippen molar-refractivity contribution in [2.24, 2.45) is 0 Å². The third kappa shape index (κ3) is 1.96. The molecule has 0 aliphatic rings. The van der Waals surface area contributed by atoms with Gasteiger partial charge in [-0.05, 0) is 41.1 Å². The topological polar surface area (TPSA) is 80.9 Å². The Hall–Kier alpha value is -2.28. The number of nitrogens with zero attached hydrogens (tertiary/aromatic N) is 4. The summed E-state index contributed by atoms with van der Waals surface area (Å²) in [6, 6.07) is 5.34. The summed E-state index contributed by atoms with van der Waals surface area (Å²) in [7, 11) is 0. The van der Waals surface area contributed by atoms with Crippen LogP contribution < -0.4 is 0 Å². The molecule has 0 bridgehead atoms. The Labute approximate surface area is 118 Å². The Morgan fingerprint density at radius 1 is 1.45 bits per heavy atom. The molecule has 2 heterocycles. The second kappa shape index (κ2) is 4.68. The number of carboxylic acids is 1. The van der Waals surface area contributed by atoms with Crippen LogP contribution in [0.1, 0.15) is 18.5 Å². The van der Waals surface area contributed by atoms with Crippen molar-refractivity contribution >= 4 is 28.1 Å². The molecule has 0 aliphatic heterocycles. The zero-order valence-corrected chi connectivity index (χ0v) is 11.8. The van der Waals surface area contributed by atoms with Crippen molar-refractivity contribution in [3.05, 3.63) is 29.1 Å². The van der Waals surface area contributed by atoms with Crippen LogP contribution in [0.4, 0.5) is 0 Å². The van der Waals surface area contributed by atoms with Crippen molar-refractivity contribution in [1.82, 2.24) is 20.2 Å². The van der Waals surface area contributed by atoms with Crippen LogP contribution in [0.3, 0.4) is 0 Å². The van der Waals surface area contributed by atoms with Gasteiger partial charge < -0.3 is 5.11 Å². The maximum atomic E-state index is 11.1. The summed E-state index contributed by atoms with van der Waals surface area (Å²) in [6.45, 7) is 3.58. The van der Waals surface area contributed by atoms with E-state index in [1.54, 1.807) is 6.92 Å². The van der Waals surface area contributed by atoms with Gasteiger partial charge in [-0.1, -0.05) is 17.7 Å². The van der Waals surface area contributed by atoms with E-state index in [4.69, 9.17) is 5.11 Å². The van der Waals surface area contributed by atoms with Crippen LogP contribution in [0.5, 0.6) is 0 Å². The summed E-state index contributed by atoms with van der Waals surface area (Å²) in [6.07, 6.45) is 0. The molecule has 0 amide bonds. The minimum Gasteiger partial charge on any atom is -0.480 e. The summed E-state index contributed by atoms with van der Waals surface area (Å²) in [5.41, 5.74) is 1.14. The first-order chi connectivity index (χ1) is 9.58. The standard InChI is InChI=1S/C13H12N4O2S/c1-7-3-4-9-6-20-11(10(9)5-7)12-14-15-16-17(12)8(2)13(18)19/h3-6,8H,1-2H3,(H,18,19). The Balaban J connectivity index is 2.19. The molecule has 0 radical (unpaired) electrons. The quantitative estimate of drug-likeness (QED) is 0.801. The number of benzene rings is 1. The molecule has 0 aliphatic carbocycles. The molecular weight excluding hydrogens is 276 g/mol. The molecule has 20 heavy (non-hydrogen) atoms. The molecule has 3 aromatic rings. The van der Waals surface area contributed by atoms with Crippen LogP contribution >= 0.6 is 11.3 Å². The highest BCUT2D eigenvalue weighted by atomic mass is 32.1. The van der Waals surface area contributed by atoms with Gasteiger partial charge in [-0.3, -0.25) is 0 Å². The predicted octanol–water partition coefficient (Wildman–Crippen LogP) is 2.51. The fourth-order valence-corrected chi connectivity index (χ4v) is 3.03. The van der Waals surface area contributed by atoms with E-state index in [9.17, 15) is 4.79 Å². The normalized spacial score (nSPS) is 12.7. The summed E-state index contributed by atoms with van der Waals surface area (Å²) in [5.74, 6) is -0.471. The molecule has 6 nitrogen and oxygen atoms in total. The molecule has 1 atom stereocenters. The van der Waals surface area contributed by atoms with E-state index in [0.29, 0.717) is 5.82 Å². The third-order valence-electron chi connectivity index (χ3n) is 3.18. The van der Waals surface area contributed by atoms with E-state index < -0.39 is 12.0 Å². The highest BCUT2D eigenvalue weighted by Gasteiger charge is 2.22. The molecule has 1 aromatic carbocycles. The maximum absolute atomic E-state index is 11.1. The van der Waals surface area contributed by atoms with E-state index >= 15 is 0 Å². The molecule has 1 unspecified atom stereocenters. The Morgan fingerprint density at radius 2 is 2.25 bits per heavy atom. The average molecular weight is 288 g/mol. The van der Waals surface area contributed by atoms with Crippen LogP contribution in [0.2, 0.25) is 0 Å². The number of thiophene rings is 1. The molecule has 2 aromatic heterocycles. The number of aromatic nitrogens is 4. The number of carboxylic acid groups (broad SMARTS) is 1. The second-order valence-corrected chi connectivity index (χ2v) is 5.50. The number of rotatable bonds is 3. The van der Waals surface area contributed by atoms with Gasteiger partial charge in [0.2, 0.25) is 0 Å². The molecule has 3 rings (SSSR count). The van der Waals surface area contributed by atoms with Gasteiger partial charge in [0, 0.05) is 5.39 Å². The lowest BCUT2D eigenvalue weighted by Crippen LogP contribution is -2.17. The first-order valence-corrected chi connectivity index (χ1v) is 6.95. The number of hydrogen-bond acceptors (Lipinski definition) is 5. The van der Waals surface area contributed by atoms with E-state index in [-0.39, 0.29) is 0 Å². The van der Waals surface area contributed by atoms with Gasteiger partial charge >= 0.3 is 5.97 Å². The Morgan fingerprint density at radius 3 is 3.00 bits per heavy atom. The lowest BCUT2D eigenvalue weighted by Gasteiger charge is -2.07. The molecule has 1 N–H and O–H groups in total. The van der Waals surface area contributed by atoms with Crippen LogP contribution in [0.15, 0.2) is 23.6 Å². The van der Waals surface area contributed by atoms with Crippen molar-refractivity contribution < 1.29 is 9.90 Å². The van der Waals surface area contributed by atoms with Crippen molar-refractivity contribution in [3.63, 3.8) is 0 Å². The first-order valence-electron chi connectivity index (χ1n) is 6.07. The molecule has 0 saturated heterocycles. The van der Waals surface area contributed by atoms with Crippen LogP contribution in [-0.2, 0) is 4.79 Å². The van der Waals surface area contributed by atoms with Crippen molar-refractivity contribution in [2.45, 2.75) is 19.9 Å². The van der Waals surface area contributed by atoms with Crippen LogP contribution in [-0.4, -0.2) is 31.3 Å². The zero-order valence-electron chi connectivity index (χ0n) is 10.9. The SMILES string of the molecule is Cc1ccc2csc(-c3nnnn3C(C)C(=O)O)c2c1. The number of tetrazole rings is 1. The minimum absolute atomic E-state index is 0.491. The van der Waals surface area contributed by atoms with Gasteiger partial charge in [-0.15, -0.1) is 16.4 Å². The zero-order chi connectivity index (χ0) is 14.3. The van der Waals surface area contributed by atoms with E-state index in [1.807, 2.05) is 24.4 Å². The maximum Gasteiger partial charge on any atom is 0.328 e. The van der Waals surface area contributed by atoms with Gasteiger partial charge in [0.25, 0.3) is 0 Å². The average Bonchev–Trinajstić information content (AvgIpc) is 3.02. The molecule has 0 spiro atoms. The summed E-state index contributed by atoms with van der Waals surface area (Å²) in [5, 5.41) is 24.7. The number of fused-ring (bicyclic) bond motifs is 1.